The summed E-state index contributed by atoms with van der Waals surface area (Å²) in [5.41, 5.74) is 0. The van der Waals surface area contributed by atoms with E-state index in [0.717, 1.165) is 4.90 Å². The predicted molar refractivity (Wildman–Crippen MR) is 56.0 cm³/mol. The molecule has 1 rings (SSSR count). The van der Waals surface area contributed by atoms with Crippen LogP contribution in [0.25, 0.3) is 0 Å². The minimum Gasteiger partial charge on any atom is -0.611 e. The lowest BCUT2D eigenvalue weighted by Gasteiger charge is -2.13. The molecule has 0 radical (unpaired) electrons. The quantitative estimate of drug-likeness (QED) is 0.549. The largest absolute Gasteiger partial charge is 0.611 e. The van der Waals surface area contributed by atoms with Crippen LogP contribution in [0.4, 0.5) is 0 Å². The van der Waals surface area contributed by atoms with Crippen LogP contribution in [0.1, 0.15) is 6.92 Å². The highest BCUT2D eigenvalue weighted by Gasteiger charge is 2.16. The molecule has 1 aromatic carbocycles. The molecule has 0 aromatic heterocycles. The Hall–Kier alpha value is -0.380. The molecule has 0 aliphatic carbocycles. The average Bonchev–Trinajstić information content (AvgIpc) is 2.17. The van der Waals surface area contributed by atoms with E-state index in [2.05, 4.69) is 0 Å². The summed E-state index contributed by atoms with van der Waals surface area (Å²) in [6, 6.07) is 9.37. The van der Waals surface area contributed by atoms with Crippen LogP contribution in [0.2, 0.25) is 0 Å². The lowest BCUT2D eigenvalue weighted by molar-refractivity contribution is 0.593. The van der Waals surface area contributed by atoms with E-state index in [0.29, 0.717) is 0 Å². The van der Waals surface area contributed by atoms with Gasteiger partial charge in [0.05, 0.1) is 0 Å². The van der Waals surface area contributed by atoms with Gasteiger partial charge in [-0.3, -0.25) is 0 Å². The normalized spacial score (nSPS) is 15.2. The molecule has 2 atom stereocenters. The van der Waals surface area contributed by atoms with Crippen LogP contribution in [0.5, 0.6) is 0 Å². The van der Waals surface area contributed by atoms with Crippen LogP contribution in [0.15, 0.2) is 35.2 Å². The van der Waals surface area contributed by atoms with E-state index in [9.17, 15) is 4.55 Å². The predicted octanol–water partition coefficient (Wildman–Crippen LogP) is 2.18. The van der Waals surface area contributed by atoms with Crippen molar-refractivity contribution in [3.05, 3.63) is 30.3 Å². The Morgan fingerprint density at radius 1 is 1.42 bits per heavy atom. The molecule has 0 amide bonds. The van der Waals surface area contributed by atoms with E-state index in [4.69, 9.17) is 12.2 Å². The molecule has 12 heavy (non-hydrogen) atoms. The van der Waals surface area contributed by atoms with Crippen molar-refractivity contribution < 1.29 is 4.55 Å². The molecule has 2 unspecified atom stereocenters. The summed E-state index contributed by atoms with van der Waals surface area (Å²) in [6.07, 6.45) is 0. The minimum absolute atomic E-state index is 0.0533. The highest BCUT2D eigenvalue weighted by molar-refractivity contribution is 7.94. The fourth-order valence-corrected chi connectivity index (χ4v) is 2.08. The molecule has 1 nitrogen and oxygen atoms in total. The molecule has 0 heterocycles. The van der Waals surface area contributed by atoms with Crippen molar-refractivity contribution in [1.82, 2.24) is 0 Å². The van der Waals surface area contributed by atoms with Crippen molar-refractivity contribution in [1.29, 1.82) is 0 Å². The van der Waals surface area contributed by atoms with Gasteiger partial charge in [-0.2, -0.15) is 0 Å². The Kier molecular flexibility index (Phi) is 3.72. The first-order chi connectivity index (χ1) is 5.75. The highest BCUT2D eigenvalue weighted by atomic mass is 32.2. The fourth-order valence-electron chi connectivity index (χ4n) is 0.820. The number of benzene rings is 1. The van der Waals surface area contributed by atoms with Crippen molar-refractivity contribution in [2.45, 2.75) is 17.1 Å². The summed E-state index contributed by atoms with van der Waals surface area (Å²) in [4.78, 5) is 0.839. The first kappa shape index (κ1) is 9.71. The Morgan fingerprint density at radius 2 is 2.00 bits per heavy atom. The Bertz CT molecular complexity index is 248. The summed E-state index contributed by atoms with van der Waals surface area (Å²) in [5.74, 6) is 0. The first-order valence-corrected chi connectivity index (χ1v) is 5.35. The average molecular weight is 198 g/mol. The fraction of sp³-hybridized carbons (Fsp3) is 0.222. The van der Waals surface area contributed by atoms with Crippen molar-refractivity contribution in [3.63, 3.8) is 0 Å². The monoisotopic (exact) mass is 198 g/mol. The summed E-state index contributed by atoms with van der Waals surface area (Å²) >= 11 is 3.74. The maximum atomic E-state index is 11.6. The molecular formula is C9H10OS2. The van der Waals surface area contributed by atoms with Crippen LogP contribution in [0.3, 0.4) is 0 Å². The second-order valence-corrected chi connectivity index (χ2v) is 4.53. The molecule has 0 N–H and O–H groups in total. The van der Waals surface area contributed by atoms with Gasteiger partial charge in [-0.15, -0.1) is 0 Å². The van der Waals surface area contributed by atoms with Gasteiger partial charge in [0, 0.05) is 5.37 Å². The summed E-state index contributed by atoms with van der Waals surface area (Å²) in [6.45, 7) is 1.86. The van der Waals surface area contributed by atoms with Gasteiger partial charge in [-0.25, -0.2) is 0 Å². The smallest absolute Gasteiger partial charge is 0.153 e. The molecule has 0 aliphatic heterocycles. The van der Waals surface area contributed by atoms with Crippen LogP contribution in [-0.4, -0.2) is 15.2 Å². The van der Waals surface area contributed by atoms with Gasteiger partial charge in [0.2, 0.25) is 0 Å². The molecule has 0 saturated carbocycles. The number of rotatable bonds is 3. The first-order valence-electron chi connectivity index (χ1n) is 3.66. The van der Waals surface area contributed by atoms with E-state index < -0.39 is 11.2 Å². The molecule has 64 valence electrons. The third kappa shape index (κ3) is 2.30. The topological polar surface area (TPSA) is 23.1 Å². The number of hydrogen-bond acceptors (Lipinski definition) is 2. The lowest BCUT2D eigenvalue weighted by Crippen LogP contribution is -2.18. The van der Waals surface area contributed by atoms with Gasteiger partial charge in [-0.1, -0.05) is 30.4 Å². The molecule has 0 saturated heterocycles. The van der Waals surface area contributed by atoms with Crippen LogP contribution in [-0.2, 0) is 11.2 Å². The minimum atomic E-state index is -0.988. The summed E-state index contributed by atoms with van der Waals surface area (Å²) in [5, 5.41) is 1.49. The highest BCUT2D eigenvalue weighted by Crippen LogP contribution is 2.13. The zero-order chi connectivity index (χ0) is 8.97. The number of thiocarbonyl (C=S) groups is 1. The maximum Gasteiger partial charge on any atom is 0.153 e. The third-order valence-corrected chi connectivity index (χ3v) is 3.63. The molecule has 3 heteroatoms. The molecular weight excluding hydrogens is 188 g/mol. The van der Waals surface area contributed by atoms with Crippen molar-refractivity contribution in [2.24, 2.45) is 0 Å². The van der Waals surface area contributed by atoms with Gasteiger partial charge < -0.3 is 4.55 Å². The Morgan fingerprint density at radius 3 is 2.50 bits per heavy atom. The molecule has 0 spiro atoms. The van der Waals surface area contributed by atoms with Gasteiger partial charge in [-0.05, 0) is 30.2 Å². The van der Waals surface area contributed by atoms with Crippen molar-refractivity contribution in [2.75, 3.05) is 0 Å². The van der Waals surface area contributed by atoms with Crippen LogP contribution < -0.4 is 0 Å². The maximum absolute atomic E-state index is 11.6. The van der Waals surface area contributed by atoms with Crippen LogP contribution >= 0.6 is 12.2 Å². The van der Waals surface area contributed by atoms with Gasteiger partial charge in [0.25, 0.3) is 0 Å². The van der Waals surface area contributed by atoms with Gasteiger partial charge in [0.15, 0.2) is 4.90 Å². The SMILES string of the molecule is CC(C=S)[S+]([O-])c1ccccc1. The van der Waals surface area contributed by atoms with E-state index >= 15 is 0 Å². The van der Waals surface area contributed by atoms with E-state index in [1.165, 1.54) is 0 Å². The summed E-state index contributed by atoms with van der Waals surface area (Å²) < 4.78 is 11.6. The molecule has 0 bridgehead atoms. The summed E-state index contributed by atoms with van der Waals surface area (Å²) in [7, 11) is 0. The Balaban J connectivity index is 2.78. The number of hydrogen-bond donors (Lipinski definition) is 0. The lowest BCUT2D eigenvalue weighted by atomic mass is 10.4. The van der Waals surface area contributed by atoms with Crippen molar-refractivity contribution >= 4 is 28.8 Å². The van der Waals surface area contributed by atoms with Gasteiger partial charge in [0.1, 0.15) is 5.25 Å². The zero-order valence-corrected chi connectivity index (χ0v) is 8.40. The van der Waals surface area contributed by atoms with Crippen LogP contribution in [0, 0.1) is 0 Å². The van der Waals surface area contributed by atoms with E-state index in [1.54, 1.807) is 5.37 Å². The van der Waals surface area contributed by atoms with E-state index in [1.807, 2.05) is 37.3 Å². The molecule has 0 fully saturated rings. The van der Waals surface area contributed by atoms with Crippen molar-refractivity contribution in [3.8, 4) is 0 Å². The Labute approximate surface area is 81.0 Å². The second kappa shape index (κ2) is 4.60. The second-order valence-electron chi connectivity index (χ2n) is 2.45. The zero-order valence-electron chi connectivity index (χ0n) is 6.77. The molecule has 0 aliphatic rings. The van der Waals surface area contributed by atoms with E-state index in [-0.39, 0.29) is 5.25 Å². The third-order valence-electron chi connectivity index (χ3n) is 1.50. The van der Waals surface area contributed by atoms with Gasteiger partial charge >= 0.3 is 0 Å². The molecule has 1 aromatic rings. The standard InChI is InChI=1S/C9H10OS2/c1-8(7-11)12(10)9-5-3-2-4-6-9/h2-8H,1H3.